The average Bonchev–Trinajstić information content (AvgIpc) is 3.08. The van der Waals surface area contributed by atoms with Crippen LogP contribution < -0.4 is 16.6 Å². The van der Waals surface area contributed by atoms with Gasteiger partial charge in [-0.1, -0.05) is 0 Å². The first-order valence-electron chi connectivity index (χ1n) is 7.44. The molecule has 2 aromatic rings. The third kappa shape index (κ3) is 2.77. The number of nitrogens with zero attached hydrogens (tertiary/aromatic N) is 3. The molecule has 23 heavy (non-hydrogen) atoms. The molecule has 1 atom stereocenters. The summed E-state index contributed by atoms with van der Waals surface area (Å²) in [5.41, 5.74) is -0.380. The largest absolute Gasteiger partial charge is 0.376 e. The molecule has 122 valence electrons. The Morgan fingerprint density at radius 2 is 2.17 bits per heavy atom. The van der Waals surface area contributed by atoms with Crippen molar-refractivity contribution in [1.29, 1.82) is 0 Å². The van der Waals surface area contributed by atoms with Gasteiger partial charge in [-0.05, 0) is 18.9 Å². The topological polar surface area (TPSA) is 95.2 Å². The van der Waals surface area contributed by atoms with Gasteiger partial charge in [-0.2, -0.15) is 0 Å². The summed E-state index contributed by atoms with van der Waals surface area (Å²) in [4.78, 5) is 40.4. The monoisotopic (exact) mass is 318 g/mol. The van der Waals surface area contributed by atoms with Crippen LogP contribution in [0.4, 0.5) is 0 Å². The van der Waals surface area contributed by atoms with E-state index in [1.54, 1.807) is 0 Å². The third-order valence-corrected chi connectivity index (χ3v) is 4.07. The maximum absolute atomic E-state index is 12.2. The van der Waals surface area contributed by atoms with Crippen LogP contribution in [0.2, 0.25) is 0 Å². The van der Waals surface area contributed by atoms with Crippen LogP contribution in [0.15, 0.2) is 21.9 Å². The molecule has 1 amide bonds. The first-order valence-corrected chi connectivity index (χ1v) is 7.44. The number of carbonyl (C=O) groups excluding carboxylic acids is 1. The number of rotatable bonds is 3. The number of amides is 1. The second-order valence-electron chi connectivity index (χ2n) is 5.65. The summed E-state index contributed by atoms with van der Waals surface area (Å²) in [6.07, 6.45) is 3.34. The van der Waals surface area contributed by atoms with Gasteiger partial charge in [-0.25, -0.2) is 9.78 Å². The van der Waals surface area contributed by atoms with Crippen molar-refractivity contribution in [2.45, 2.75) is 18.9 Å². The number of hydrogen-bond acceptors (Lipinski definition) is 5. The Kier molecular flexibility index (Phi) is 3.99. The molecule has 1 aliphatic rings. The second kappa shape index (κ2) is 5.96. The SMILES string of the molecule is Cn1c(=O)c2cc(C(=O)NC[C@@H]3CCCO3)cnc2n(C)c1=O. The highest BCUT2D eigenvalue weighted by Crippen LogP contribution is 2.11. The molecule has 1 N–H and O–H groups in total. The van der Waals surface area contributed by atoms with Crippen molar-refractivity contribution in [3.63, 3.8) is 0 Å². The second-order valence-corrected chi connectivity index (χ2v) is 5.65. The van der Waals surface area contributed by atoms with Gasteiger partial charge in [0.1, 0.15) is 5.65 Å². The molecule has 0 saturated carbocycles. The standard InChI is InChI=1S/C15H18N4O4/c1-18-12-11(14(21)19(2)15(18)22)6-9(7-16-12)13(20)17-8-10-4-3-5-23-10/h6-7,10H,3-5,8H2,1-2H3,(H,17,20)/t10-/m0/s1. The highest BCUT2D eigenvalue weighted by molar-refractivity contribution is 5.96. The van der Waals surface area contributed by atoms with Crippen molar-refractivity contribution >= 4 is 16.9 Å². The van der Waals surface area contributed by atoms with Crippen LogP contribution in [0.25, 0.3) is 11.0 Å². The number of fused-ring (bicyclic) bond motifs is 1. The molecule has 1 aliphatic heterocycles. The van der Waals surface area contributed by atoms with Crippen molar-refractivity contribution in [2.24, 2.45) is 14.1 Å². The van der Waals surface area contributed by atoms with Gasteiger partial charge in [-0.3, -0.25) is 18.7 Å². The van der Waals surface area contributed by atoms with Crippen molar-refractivity contribution in [3.8, 4) is 0 Å². The molecule has 0 radical (unpaired) electrons. The molecule has 3 rings (SSSR count). The van der Waals surface area contributed by atoms with E-state index in [1.165, 1.54) is 30.9 Å². The predicted molar refractivity (Wildman–Crippen MR) is 83.5 cm³/mol. The summed E-state index contributed by atoms with van der Waals surface area (Å²) in [5, 5.41) is 3.02. The molecular formula is C15H18N4O4. The molecular weight excluding hydrogens is 300 g/mol. The number of carbonyl (C=O) groups is 1. The Bertz CT molecular complexity index is 877. The lowest BCUT2D eigenvalue weighted by Crippen LogP contribution is -2.37. The van der Waals surface area contributed by atoms with Crippen LogP contribution in [0.3, 0.4) is 0 Å². The van der Waals surface area contributed by atoms with E-state index in [9.17, 15) is 14.4 Å². The van der Waals surface area contributed by atoms with Crippen LogP contribution in [-0.2, 0) is 18.8 Å². The first-order chi connectivity index (χ1) is 11.0. The van der Waals surface area contributed by atoms with Crippen molar-refractivity contribution in [1.82, 2.24) is 19.4 Å². The van der Waals surface area contributed by atoms with Crippen molar-refractivity contribution in [2.75, 3.05) is 13.2 Å². The van der Waals surface area contributed by atoms with Crippen LogP contribution >= 0.6 is 0 Å². The Morgan fingerprint density at radius 1 is 1.39 bits per heavy atom. The van der Waals surface area contributed by atoms with E-state index in [4.69, 9.17) is 4.74 Å². The highest BCUT2D eigenvalue weighted by atomic mass is 16.5. The number of nitrogens with one attached hydrogen (secondary N) is 1. The summed E-state index contributed by atoms with van der Waals surface area (Å²) in [7, 11) is 2.93. The Hall–Kier alpha value is -2.48. The minimum Gasteiger partial charge on any atom is -0.376 e. The van der Waals surface area contributed by atoms with Gasteiger partial charge in [0.05, 0.1) is 17.1 Å². The quantitative estimate of drug-likeness (QED) is 0.826. The molecule has 1 saturated heterocycles. The van der Waals surface area contributed by atoms with Gasteiger partial charge in [-0.15, -0.1) is 0 Å². The number of aryl methyl sites for hydroxylation is 1. The molecule has 8 heteroatoms. The molecule has 2 aromatic heterocycles. The zero-order valence-electron chi connectivity index (χ0n) is 13.0. The number of pyridine rings is 1. The van der Waals surface area contributed by atoms with E-state index in [0.717, 1.165) is 24.0 Å². The third-order valence-electron chi connectivity index (χ3n) is 4.07. The fourth-order valence-electron chi connectivity index (χ4n) is 2.70. The lowest BCUT2D eigenvalue weighted by atomic mass is 10.2. The maximum atomic E-state index is 12.2. The van der Waals surface area contributed by atoms with Crippen molar-refractivity contribution in [3.05, 3.63) is 38.7 Å². The molecule has 0 unspecified atom stereocenters. The summed E-state index contributed by atoms with van der Waals surface area (Å²) in [6, 6.07) is 1.47. The molecule has 1 fully saturated rings. The zero-order chi connectivity index (χ0) is 16.6. The van der Waals surface area contributed by atoms with E-state index in [2.05, 4.69) is 10.3 Å². The molecule has 8 nitrogen and oxygen atoms in total. The Balaban J connectivity index is 1.92. The van der Waals surface area contributed by atoms with E-state index in [-0.39, 0.29) is 28.6 Å². The maximum Gasteiger partial charge on any atom is 0.332 e. The van der Waals surface area contributed by atoms with Gasteiger partial charge >= 0.3 is 5.69 Å². The van der Waals surface area contributed by atoms with Crippen LogP contribution in [-0.4, -0.2) is 39.3 Å². The molecule has 0 aromatic carbocycles. The summed E-state index contributed by atoms with van der Waals surface area (Å²) >= 11 is 0. The molecule has 3 heterocycles. The lowest BCUT2D eigenvalue weighted by molar-refractivity contribution is 0.0857. The molecule has 0 bridgehead atoms. The summed E-state index contributed by atoms with van der Waals surface area (Å²) < 4.78 is 7.73. The van der Waals surface area contributed by atoms with Crippen LogP contribution in [0.5, 0.6) is 0 Å². The van der Waals surface area contributed by atoms with E-state index in [0.29, 0.717) is 6.54 Å². The first kappa shape index (κ1) is 15.4. The fraction of sp³-hybridized carbons (Fsp3) is 0.467. The summed E-state index contributed by atoms with van der Waals surface area (Å²) in [6.45, 7) is 1.16. The van der Waals surface area contributed by atoms with Crippen LogP contribution in [0, 0.1) is 0 Å². The lowest BCUT2D eigenvalue weighted by Gasteiger charge is -2.11. The van der Waals surface area contributed by atoms with Gasteiger partial charge in [0.2, 0.25) is 0 Å². The number of hydrogen-bond donors (Lipinski definition) is 1. The normalized spacial score (nSPS) is 17.6. The van der Waals surface area contributed by atoms with Crippen LogP contribution in [0.1, 0.15) is 23.2 Å². The van der Waals surface area contributed by atoms with E-state index >= 15 is 0 Å². The minimum absolute atomic E-state index is 0.0426. The van der Waals surface area contributed by atoms with Gasteiger partial charge < -0.3 is 10.1 Å². The molecule has 0 aliphatic carbocycles. The predicted octanol–water partition coefficient (Wildman–Crippen LogP) is -0.459. The minimum atomic E-state index is -0.468. The van der Waals surface area contributed by atoms with E-state index in [1.807, 2.05) is 0 Å². The van der Waals surface area contributed by atoms with Gasteiger partial charge in [0.15, 0.2) is 0 Å². The summed E-state index contributed by atoms with van der Waals surface area (Å²) in [5.74, 6) is -0.314. The van der Waals surface area contributed by atoms with Gasteiger partial charge in [0.25, 0.3) is 11.5 Å². The Labute approximate surface area is 131 Å². The number of aromatic nitrogens is 3. The molecule has 0 spiro atoms. The smallest absolute Gasteiger partial charge is 0.332 e. The van der Waals surface area contributed by atoms with Gasteiger partial charge in [0, 0.05) is 33.4 Å². The van der Waals surface area contributed by atoms with E-state index < -0.39 is 11.2 Å². The number of ether oxygens (including phenoxy) is 1. The highest BCUT2D eigenvalue weighted by Gasteiger charge is 2.18. The zero-order valence-corrected chi connectivity index (χ0v) is 13.0. The Morgan fingerprint density at radius 3 is 2.87 bits per heavy atom. The average molecular weight is 318 g/mol. The fourth-order valence-corrected chi connectivity index (χ4v) is 2.70. The van der Waals surface area contributed by atoms with Crippen molar-refractivity contribution < 1.29 is 9.53 Å².